The Bertz CT molecular complexity index is 1040. The van der Waals surface area contributed by atoms with Gasteiger partial charge in [-0.2, -0.15) is 9.40 Å². The average Bonchev–Trinajstić information content (AvgIpc) is 3.33. The Hall–Kier alpha value is -2.01. The number of aromatic nitrogens is 4. The number of hydrogen-bond donors (Lipinski definition) is 0. The van der Waals surface area contributed by atoms with Crippen LogP contribution in [0.1, 0.15) is 5.82 Å². The Balaban J connectivity index is 1.51. The normalized spacial score (nSPS) is 16.0. The molecule has 0 unspecified atom stereocenters. The van der Waals surface area contributed by atoms with Crippen LogP contribution in [-0.4, -0.2) is 58.7 Å². The fourth-order valence-electron chi connectivity index (χ4n) is 2.94. The third kappa shape index (κ3) is 3.70. The van der Waals surface area contributed by atoms with Crippen LogP contribution in [0.25, 0.3) is 5.82 Å². The number of thiophene rings is 1. The van der Waals surface area contributed by atoms with Crippen molar-refractivity contribution in [2.24, 2.45) is 0 Å². The molecule has 0 saturated carbocycles. The molecule has 3 aromatic rings. The number of hydrogen-bond acceptors (Lipinski definition) is 7. The maximum Gasteiger partial charge on any atom is 0.252 e. The Morgan fingerprint density at radius 2 is 1.85 bits per heavy atom. The number of piperazine rings is 1. The van der Waals surface area contributed by atoms with E-state index in [0.717, 1.165) is 17.2 Å². The van der Waals surface area contributed by atoms with Gasteiger partial charge in [0.25, 0.3) is 10.0 Å². The molecular formula is C16H17ClN6O2S2. The molecule has 0 N–H and O–H groups in total. The van der Waals surface area contributed by atoms with Crippen LogP contribution < -0.4 is 4.90 Å². The van der Waals surface area contributed by atoms with Gasteiger partial charge in [-0.25, -0.2) is 23.1 Å². The second-order valence-electron chi connectivity index (χ2n) is 6.03. The number of sulfonamides is 1. The maximum absolute atomic E-state index is 12.7. The highest BCUT2D eigenvalue weighted by Gasteiger charge is 2.30. The molecule has 0 spiro atoms. The van der Waals surface area contributed by atoms with Gasteiger partial charge in [0.1, 0.15) is 15.9 Å². The van der Waals surface area contributed by atoms with Crippen molar-refractivity contribution in [3.05, 3.63) is 46.8 Å². The van der Waals surface area contributed by atoms with E-state index < -0.39 is 10.0 Å². The minimum absolute atomic E-state index is 0.278. The van der Waals surface area contributed by atoms with Crippen LogP contribution in [0.5, 0.6) is 0 Å². The van der Waals surface area contributed by atoms with Crippen molar-refractivity contribution in [2.45, 2.75) is 11.1 Å². The van der Waals surface area contributed by atoms with Gasteiger partial charge >= 0.3 is 0 Å². The highest BCUT2D eigenvalue weighted by molar-refractivity contribution is 7.91. The van der Waals surface area contributed by atoms with Gasteiger partial charge in [0, 0.05) is 44.6 Å². The molecule has 4 heterocycles. The Kier molecular flexibility index (Phi) is 4.89. The van der Waals surface area contributed by atoms with Crippen molar-refractivity contribution < 1.29 is 8.42 Å². The Morgan fingerprint density at radius 1 is 1.11 bits per heavy atom. The van der Waals surface area contributed by atoms with E-state index in [1.807, 2.05) is 25.3 Å². The zero-order chi connectivity index (χ0) is 19.0. The van der Waals surface area contributed by atoms with Crippen molar-refractivity contribution in [3.8, 4) is 5.82 Å². The SMILES string of the molecule is Cc1nc(N2CCN(S(=O)(=O)c3ccc(Cl)s3)CC2)cc(-n2cccn2)n1. The van der Waals surface area contributed by atoms with Crippen molar-refractivity contribution >= 4 is 38.8 Å². The van der Waals surface area contributed by atoms with Gasteiger partial charge in [0.05, 0.1) is 4.34 Å². The molecule has 0 bridgehead atoms. The van der Waals surface area contributed by atoms with Gasteiger partial charge in [-0.05, 0) is 25.1 Å². The summed E-state index contributed by atoms with van der Waals surface area (Å²) in [6, 6.07) is 6.86. The second kappa shape index (κ2) is 7.19. The van der Waals surface area contributed by atoms with Gasteiger partial charge in [-0.15, -0.1) is 11.3 Å². The van der Waals surface area contributed by atoms with Crippen LogP contribution in [0.2, 0.25) is 4.34 Å². The third-order valence-electron chi connectivity index (χ3n) is 4.26. The summed E-state index contributed by atoms with van der Waals surface area (Å²) in [5, 5.41) is 4.20. The molecule has 0 amide bonds. The lowest BCUT2D eigenvalue weighted by atomic mass is 10.3. The van der Waals surface area contributed by atoms with Crippen LogP contribution in [0, 0.1) is 6.92 Å². The lowest BCUT2D eigenvalue weighted by molar-refractivity contribution is 0.384. The molecule has 0 radical (unpaired) electrons. The first-order valence-electron chi connectivity index (χ1n) is 8.29. The van der Waals surface area contributed by atoms with E-state index in [4.69, 9.17) is 11.6 Å². The third-order valence-corrected chi connectivity index (χ3v) is 7.85. The average molecular weight is 425 g/mol. The van der Waals surface area contributed by atoms with Crippen LogP contribution in [-0.2, 0) is 10.0 Å². The van der Waals surface area contributed by atoms with Gasteiger partial charge in [0.15, 0.2) is 5.82 Å². The monoisotopic (exact) mass is 424 g/mol. The molecule has 27 heavy (non-hydrogen) atoms. The van der Waals surface area contributed by atoms with Gasteiger partial charge in [-0.3, -0.25) is 0 Å². The number of aryl methyl sites for hydroxylation is 1. The van der Waals surface area contributed by atoms with E-state index in [0.29, 0.717) is 42.2 Å². The summed E-state index contributed by atoms with van der Waals surface area (Å²) in [7, 11) is -3.50. The number of rotatable bonds is 4. The molecule has 11 heteroatoms. The zero-order valence-electron chi connectivity index (χ0n) is 14.5. The minimum atomic E-state index is -3.50. The zero-order valence-corrected chi connectivity index (χ0v) is 16.9. The summed E-state index contributed by atoms with van der Waals surface area (Å²) in [5.74, 6) is 2.09. The van der Waals surface area contributed by atoms with E-state index >= 15 is 0 Å². The van der Waals surface area contributed by atoms with Crippen LogP contribution >= 0.6 is 22.9 Å². The first kappa shape index (κ1) is 18.4. The molecule has 142 valence electrons. The summed E-state index contributed by atoms with van der Waals surface area (Å²) in [4.78, 5) is 11.0. The standard InChI is InChI=1S/C16H17ClN6O2S2/c1-12-19-14(11-15(20-12)23-6-2-5-18-23)21-7-9-22(10-8-21)27(24,25)16-4-3-13(17)26-16/h2-6,11H,7-10H2,1H3. The fourth-order valence-corrected chi connectivity index (χ4v) is 6.00. The molecule has 1 saturated heterocycles. The first-order valence-corrected chi connectivity index (χ1v) is 10.9. The Morgan fingerprint density at radius 3 is 2.48 bits per heavy atom. The summed E-state index contributed by atoms with van der Waals surface area (Å²) in [5.41, 5.74) is 0. The summed E-state index contributed by atoms with van der Waals surface area (Å²) in [6.07, 6.45) is 3.51. The van der Waals surface area contributed by atoms with E-state index in [-0.39, 0.29) is 4.21 Å². The van der Waals surface area contributed by atoms with Gasteiger partial charge in [0.2, 0.25) is 0 Å². The molecule has 1 aliphatic rings. The van der Waals surface area contributed by atoms with Crippen molar-refractivity contribution in [1.82, 2.24) is 24.1 Å². The van der Waals surface area contributed by atoms with E-state index in [2.05, 4.69) is 20.0 Å². The van der Waals surface area contributed by atoms with Crippen LogP contribution in [0.3, 0.4) is 0 Å². The fraction of sp³-hybridized carbons (Fsp3) is 0.312. The van der Waals surface area contributed by atoms with Gasteiger partial charge < -0.3 is 4.90 Å². The molecule has 0 aromatic carbocycles. The predicted molar refractivity (Wildman–Crippen MR) is 104 cm³/mol. The second-order valence-corrected chi connectivity index (χ2v) is 9.91. The smallest absolute Gasteiger partial charge is 0.252 e. The molecular weight excluding hydrogens is 408 g/mol. The number of anilines is 1. The summed E-state index contributed by atoms with van der Waals surface area (Å²) < 4.78 is 29.4. The molecule has 4 rings (SSSR count). The van der Waals surface area contributed by atoms with Crippen LogP contribution in [0.15, 0.2) is 40.9 Å². The highest BCUT2D eigenvalue weighted by atomic mass is 35.5. The first-order chi connectivity index (χ1) is 12.9. The van der Waals surface area contributed by atoms with Gasteiger partial charge in [-0.1, -0.05) is 11.6 Å². The van der Waals surface area contributed by atoms with Crippen molar-refractivity contribution in [2.75, 3.05) is 31.1 Å². The van der Waals surface area contributed by atoms with E-state index in [1.54, 1.807) is 23.0 Å². The summed E-state index contributed by atoms with van der Waals surface area (Å²) >= 11 is 6.97. The predicted octanol–water partition coefficient (Wildman–Crippen LogP) is 2.20. The highest BCUT2D eigenvalue weighted by Crippen LogP contribution is 2.29. The summed E-state index contributed by atoms with van der Waals surface area (Å²) in [6.45, 7) is 3.70. The largest absolute Gasteiger partial charge is 0.354 e. The molecule has 0 aliphatic carbocycles. The van der Waals surface area contributed by atoms with E-state index in [1.165, 1.54) is 4.31 Å². The lowest BCUT2D eigenvalue weighted by Gasteiger charge is -2.34. The molecule has 8 nitrogen and oxygen atoms in total. The Labute approximate surface area is 166 Å². The quantitative estimate of drug-likeness (QED) is 0.638. The number of nitrogens with zero attached hydrogens (tertiary/aromatic N) is 6. The van der Waals surface area contributed by atoms with Crippen LogP contribution in [0.4, 0.5) is 5.82 Å². The van der Waals surface area contributed by atoms with Crippen molar-refractivity contribution in [3.63, 3.8) is 0 Å². The topological polar surface area (TPSA) is 84.2 Å². The minimum Gasteiger partial charge on any atom is -0.354 e. The molecule has 1 fully saturated rings. The maximum atomic E-state index is 12.7. The number of halogens is 1. The molecule has 0 atom stereocenters. The van der Waals surface area contributed by atoms with E-state index in [9.17, 15) is 8.42 Å². The molecule has 3 aromatic heterocycles. The van der Waals surface area contributed by atoms with Crippen molar-refractivity contribution in [1.29, 1.82) is 0 Å². The lowest BCUT2D eigenvalue weighted by Crippen LogP contribution is -2.48. The molecule has 1 aliphatic heterocycles.